The van der Waals surface area contributed by atoms with Crippen molar-refractivity contribution >= 4 is 16.6 Å². The Kier molecular flexibility index (Phi) is 8.89. The van der Waals surface area contributed by atoms with Gasteiger partial charge in [-0.15, -0.1) is 0 Å². The summed E-state index contributed by atoms with van der Waals surface area (Å²) in [6.07, 6.45) is 6.19. The Bertz CT molecular complexity index is 1210. The predicted molar refractivity (Wildman–Crippen MR) is 139 cm³/mol. The van der Waals surface area contributed by atoms with Crippen molar-refractivity contribution in [2.75, 3.05) is 45.2 Å². The topological polar surface area (TPSA) is 83.6 Å². The average Bonchev–Trinajstić information content (AvgIpc) is 2.92. The number of rotatable bonds is 11. The molecule has 0 spiro atoms. The monoisotopic (exact) mass is 516 g/mol. The highest BCUT2D eigenvalue weighted by Crippen LogP contribution is 2.37. The molecule has 0 saturated carbocycles. The molecule has 0 bridgehead atoms. The molecule has 0 amide bonds. The standard InChI is InChI=1S/C28H35F3N4O2/c1-37-21-4-5-25-23(15-21)22(19(16-32)17-34-25)3-2-6-28(18-36)7-10-35(11-8-28)12-9-33-26-14-20(29)13-24(30)27(26)31/h4-5,13-15,17,33,36H,2-3,6-12,16,18,32H2,1H3. The lowest BCUT2D eigenvalue weighted by Gasteiger charge is -2.41. The Balaban J connectivity index is 1.31. The lowest BCUT2D eigenvalue weighted by molar-refractivity contribution is 0.0370. The van der Waals surface area contributed by atoms with E-state index in [1.165, 1.54) is 5.56 Å². The van der Waals surface area contributed by atoms with Crippen LogP contribution >= 0.6 is 0 Å². The summed E-state index contributed by atoms with van der Waals surface area (Å²) in [7, 11) is 1.65. The number of anilines is 1. The number of piperidine rings is 1. The van der Waals surface area contributed by atoms with E-state index >= 15 is 0 Å². The van der Waals surface area contributed by atoms with Crippen LogP contribution in [0.4, 0.5) is 18.9 Å². The number of aryl methyl sites for hydroxylation is 1. The van der Waals surface area contributed by atoms with E-state index in [1.54, 1.807) is 7.11 Å². The molecular weight excluding hydrogens is 481 g/mol. The van der Waals surface area contributed by atoms with Crippen LogP contribution in [0.5, 0.6) is 5.75 Å². The molecule has 37 heavy (non-hydrogen) atoms. The van der Waals surface area contributed by atoms with Gasteiger partial charge < -0.3 is 25.8 Å². The van der Waals surface area contributed by atoms with Gasteiger partial charge in [0.05, 0.1) is 18.3 Å². The minimum atomic E-state index is -1.20. The highest BCUT2D eigenvalue weighted by molar-refractivity contribution is 5.84. The van der Waals surface area contributed by atoms with Crippen molar-refractivity contribution in [2.45, 2.75) is 38.6 Å². The molecule has 9 heteroatoms. The molecular formula is C28H35F3N4O2. The summed E-state index contributed by atoms with van der Waals surface area (Å²) in [5.41, 5.74) is 8.82. The summed E-state index contributed by atoms with van der Waals surface area (Å²) in [6, 6.07) is 7.36. The summed E-state index contributed by atoms with van der Waals surface area (Å²) in [5, 5.41) is 14.1. The Morgan fingerprint density at radius 1 is 1.16 bits per heavy atom. The zero-order chi connectivity index (χ0) is 26.4. The van der Waals surface area contributed by atoms with Crippen LogP contribution in [0.3, 0.4) is 0 Å². The molecule has 1 saturated heterocycles. The predicted octanol–water partition coefficient (Wildman–Crippen LogP) is 4.63. The number of nitrogens with zero attached hydrogens (tertiary/aromatic N) is 2. The van der Waals surface area contributed by atoms with Gasteiger partial charge >= 0.3 is 0 Å². The number of methoxy groups -OCH3 is 1. The smallest absolute Gasteiger partial charge is 0.182 e. The minimum Gasteiger partial charge on any atom is -0.497 e. The number of nitrogens with one attached hydrogen (secondary N) is 1. The number of likely N-dealkylation sites (tertiary alicyclic amines) is 1. The van der Waals surface area contributed by atoms with Crippen molar-refractivity contribution in [1.82, 2.24) is 9.88 Å². The molecule has 4 rings (SSSR count). The molecule has 1 fully saturated rings. The maximum Gasteiger partial charge on any atom is 0.182 e. The number of aliphatic hydroxyl groups excluding tert-OH is 1. The Morgan fingerprint density at radius 2 is 1.95 bits per heavy atom. The van der Waals surface area contributed by atoms with Gasteiger partial charge in [-0.1, -0.05) is 0 Å². The van der Waals surface area contributed by atoms with Crippen LogP contribution in [0.15, 0.2) is 36.5 Å². The molecule has 1 aliphatic heterocycles. The van der Waals surface area contributed by atoms with Gasteiger partial charge in [0.2, 0.25) is 0 Å². The van der Waals surface area contributed by atoms with E-state index in [1.807, 2.05) is 24.4 Å². The summed E-state index contributed by atoms with van der Waals surface area (Å²) >= 11 is 0. The van der Waals surface area contributed by atoms with E-state index < -0.39 is 17.5 Å². The van der Waals surface area contributed by atoms with Gasteiger partial charge in [0.1, 0.15) is 11.6 Å². The lowest BCUT2D eigenvalue weighted by Crippen LogP contribution is -2.43. The second kappa shape index (κ2) is 12.1. The van der Waals surface area contributed by atoms with Crippen LogP contribution in [-0.4, -0.2) is 54.9 Å². The third-order valence-electron chi connectivity index (χ3n) is 7.62. The third-order valence-corrected chi connectivity index (χ3v) is 7.62. The molecule has 2 aromatic carbocycles. The molecule has 200 valence electrons. The van der Waals surface area contributed by atoms with Crippen molar-refractivity contribution in [3.63, 3.8) is 0 Å². The SMILES string of the molecule is COc1ccc2ncc(CN)c(CCCC3(CO)CCN(CCNc4cc(F)cc(F)c4F)CC3)c2c1. The molecule has 3 aromatic rings. The molecule has 2 heterocycles. The second-order valence-electron chi connectivity index (χ2n) is 9.88. The molecule has 0 atom stereocenters. The van der Waals surface area contributed by atoms with Crippen molar-refractivity contribution < 1.29 is 23.0 Å². The normalized spacial score (nSPS) is 15.7. The molecule has 1 aliphatic rings. The van der Waals surface area contributed by atoms with Gasteiger partial charge in [0.15, 0.2) is 11.6 Å². The quantitative estimate of drug-likeness (QED) is 0.323. The first kappa shape index (κ1) is 27.2. The summed E-state index contributed by atoms with van der Waals surface area (Å²) in [6.45, 7) is 3.12. The lowest BCUT2D eigenvalue weighted by atomic mass is 9.75. The number of fused-ring (bicyclic) bond motifs is 1. The van der Waals surface area contributed by atoms with Gasteiger partial charge in [-0.2, -0.15) is 0 Å². The van der Waals surface area contributed by atoms with Crippen LogP contribution in [0.25, 0.3) is 10.9 Å². The van der Waals surface area contributed by atoms with Crippen LogP contribution in [0.2, 0.25) is 0 Å². The maximum absolute atomic E-state index is 13.8. The molecule has 6 nitrogen and oxygen atoms in total. The molecule has 0 aliphatic carbocycles. The number of hydrogen-bond acceptors (Lipinski definition) is 6. The number of pyridine rings is 1. The number of aliphatic hydroxyl groups is 1. The van der Waals surface area contributed by atoms with Gasteiger partial charge in [-0.25, -0.2) is 13.2 Å². The van der Waals surface area contributed by atoms with Gasteiger partial charge in [0.25, 0.3) is 0 Å². The number of nitrogens with two attached hydrogens (primary N) is 1. The van der Waals surface area contributed by atoms with Crippen molar-refractivity contribution in [1.29, 1.82) is 0 Å². The number of benzene rings is 2. The van der Waals surface area contributed by atoms with E-state index in [0.29, 0.717) is 25.7 Å². The first-order chi connectivity index (χ1) is 17.9. The van der Waals surface area contributed by atoms with Crippen molar-refractivity contribution in [2.24, 2.45) is 11.1 Å². The van der Waals surface area contributed by atoms with E-state index in [2.05, 4.69) is 15.2 Å². The van der Waals surface area contributed by atoms with Crippen LogP contribution < -0.4 is 15.8 Å². The fraction of sp³-hybridized carbons (Fsp3) is 0.464. The third kappa shape index (κ3) is 6.34. The summed E-state index contributed by atoms with van der Waals surface area (Å²) in [4.78, 5) is 6.76. The molecule has 1 aromatic heterocycles. The largest absolute Gasteiger partial charge is 0.497 e. The van der Waals surface area contributed by atoms with E-state index in [4.69, 9.17) is 10.5 Å². The van der Waals surface area contributed by atoms with Crippen LogP contribution in [0.1, 0.15) is 36.8 Å². The maximum atomic E-state index is 13.8. The van der Waals surface area contributed by atoms with Crippen LogP contribution in [-0.2, 0) is 13.0 Å². The number of aromatic nitrogens is 1. The first-order valence-electron chi connectivity index (χ1n) is 12.7. The number of ether oxygens (including phenoxy) is 1. The van der Waals surface area contributed by atoms with Crippen molar-refractivity contribution in [3.8, 4) is 5.75 Å². The fourth-order valence-electron chi connectivity index (χ4n) is 5.28. The van der Waals surface area contributed by atoms with E-state index in [9.17, 15) is 18.3 Å². The first-order valence-corrected chi connectivity index (χ1v) is 12.7. The summed E-state index contributed by atoms with van der Waals surface area (Å²) in [5.74, 6) is -2.31. The van der Waals surface area contributed by atoms with Gasteiger partial charge in [-0.05, 0) is 79.9 Å². The number of hydrogen-bond donors (Lipinski definition) is 3. The molecule has 0 unspecified atom stereocenters. The summed E-state index contributed by atoms with van der Waals surface area (Å²) < 4.78 is 46.0. The highest BCUT2D eigenvalue weighted by atomic mass is 19.2. The molecule has 4 N–H and O–H groups in total. The van der Waals surface area contributed by atoms with Gasteiger partial charge in [0, 0.05) is 50.0 Å². The zero-order valence-electron chi connectivity index (χ0n) is 21.2. The van der Waals surface area contributed by atoms with Crippen molar-refractivity contribution in [3.05, 3.63) is 65.1 Å². The Labute approximate surface area is 215 Å². The Morgan fingerprint density at radius 3 is 2.65 bits per heavy atom. The highest BCUT2D eigenvalue weighted by Gasteiger charge is 2.33. The molecule has 0 radical (unpaired) electrons. The second-order valence-corrected chi connectivity index (χ2v) is 9.88. The fourth-order valence-corrected chi connectivity index (χ4v) is 5.28. The van der Waals surface area contributed by atoms with E-state index in [0.717, 1.165) is 73.5 Å². The van der Waals surface area contributed by atoms with Gasteiger partial charge in [-0.3, -0.25) is 4.98 Å². The van der Waals surface area contributed by atoms with Crippen LogP contribution in [0, 0.1) is 22.9 Å². The zero-order valence-corrected chi connectivity index (χ0v) is 21.2. The minimum absolute atomic E-state index is 0.127. The average molecular weight is 517 g/mol. The van der Waals surface area contributed by atoms with E-state index in [-0.39, 0.29) is 17.7 Å². The Hall–Kier alpha value is -2.88. The number of halogens is 3.